The maximum absolute atomic E-state index is 11.0. The van der Waals surface area contributed by atoms with Crippen LogP contribution in [0.3, 0.4) is 0 Å². The minimum Gasteiger partial charge on any atom is -0.464 e. The van der Waals surface area contributed by atoms with Gasteiger partial charge in [0, 0.05) is 34.8 Å². The quantitative estimate of drug-likeness (QED) is 0.827. The molecule has 102 valence electrons. The zero-order valence-electron chi connectivity index (χ0n) is 11.4. The Kier molecular flexibility index (Phi) is 4.62. The molecule has 0 radical (unpaired) electrons. The molecule has 1 aromatic rings. The standard InChI is InChI=1S/C14H23NO2S/c1-10-8-13(10)14-5-4-12(17-14)9-15-11(2)6-7-18(3)16/h4-5,10-11,13,15H,6-9H2,1-3H3. The predicted molar refractivity (Wildman–Crippen MR) is 75.1 cm³/mol. The van der Waals surface area contributed by atoms with Crippen LogP contribution in [0.15, 0.2) is 16.5 Å². The highest BCUT2D eigenvalue weighted by atomic mass is 32.2. The van der Waals surface area contributed by atoms with Gasteiger partial charge in [-0.15, -0.1) is 0 Å². The smallest absolute Gasteiger partial charge is 0.117 e. The maximum atomic E-state index is 11.0. The summed E-state index contributed by atoms with van der Waals surface area (Å²) in [7, 11) is -0.695. The number of nitrogens with one attached hydrogen (secondary N) is 1. The summed E-state index contributed by atoms with van der Waals surface area (Å²) in [5, 5.41) is 3.41. The van der Waals surface area contributed by atoms with Crippen LogP contribution in [0.1, 0.15) is 44.1 Å². The van der Waals surface area contributed by atoms with E-state index in [1.54, 1.807) is 6.26 Å². The molecule has 1 aromatic heterocycles. The molecule has 0 aromatic carbocycles. The molecule has 3 nitrogen and oxygen atoms in total. The van der Waals surface area contributed by atoms with Crippen molar-refractivity contribution in [2.24, 2.45) is 5.92 Å². The first-order valence-corrected chi connectivity index (χ1v) is 8.41. The van der Waals surface area contributed by atoms with Crippen molar-refractivity contribution in [1.29, 1.82) is 0 Å². The average Bonchev–Trinajstić information content (AvgIpc) is 2.88. The number of hydrogen-bond acceptors (Lipinski definition) is 3. The SMILES string of the molecule is CC(CCS(C)=O)NCc1ccc(C2CC2C)o1. The number of rotatable bonds is 7. The van der Waals surface area contributed by atoms with E-state index in [1.807, 2.05) is 0 Å². The van der Waals surface area contributed by atoms with E-state index in [1.165, 1.54) is 6.42 Å². The van der Waals surface area contributed by atoms with Crippen molar-refractivity contribution >= 4 is 10.8 Å². The van der Waals surface area contributed by atoms with Crippen LogP contribution < -0.4 is 5.32 Å². The molecule has 0 bridgehead atoms. The third kappa shape index (κ3) is 3.95. The van der Waals surface area contributed by atoms with E-state index < -0.39 is 10.8 Å². The van der Waals surface area contributed by atoms with Gasteiger partial charge in [0.15, 0.2) is 0 Å². The second-order valence-corrected chi connectivity index (χ2v) is 7.03. The van der Waals surface area contributed by atoms with Gasteiger partial charge >= 0.3 is 0 Å². The molecular weight excluding hydrogens is 246 g/mol. The van der Waals surface area contributed by atoms with Crippen molar-refractivity contribution < 1.29 is 8.63 Å². The van der Waals surface area contributed by atoms with Crippen LogP contribution in [0.4, 0.5) is 0 Å². The van der Waals surface area contributed by atoms with Gasteiger partial charge in [0.2, 0.25) is 0 Å². The molecule has 1 N–H and O–H groups in total. The summed E-state index contributed by atoms with van der Waals surface area (Å²) < 4.78 is 16.8. The second-order valence-electron chi connectivity index (χ2n) is 5.47. The normalized spacial score (nSPS) is 25.9. The summed E-state index contributed by atoms with van der Waals surface area (Å²) in [5.41, 5.74) is 0. The van der Waals surface area contributed by atoms with Crippen molar-refractivity contribution in [3.8, 4) is 0 Å². The third-order valence-corrected chi connectivity index (χ3v) is 4.43. The molecule has 2 rings (SSSR count). The van der Waals surface area contributed by atoms with Gasteiger partial charge in [-0.25, -0.2) is 0 Å². The Bertz CT molecular complexity index is 416. The van der Waals surface area contributed by atoms with Crippen LogP contribution in [0.5, 0.6) is 0 Å². The highest BCUT2D eigenvalue weighted by molar-refractivity contribution is 7.84. The van der Waals surface area contributed by atoms with Crippen LogP contribution in [-0.2, 0) is 17.3 Å². The molecule has 0 aliphatic heterocycles. The topological polar surface area (TPSA) is 42.2 Å². The predicted octanol–water partition coefficient (Wildman–Crippen LogP) is 2.65. The first-order valence-electron chi connectivity index (χ1n) is 6.68. The first kappa shape index (κ1) is 13.8. The summed E-state index contributed by atoms with van der Waals surface area (Å²) in [5.74, 6) is 4.35. The van der Waals surface area contributed by atoms with E-state index in [0.717, 1.165) is 36.2 Å². The Morgan fingerprint density at radius 2 is 2.28 bits per heavy atom. The van der Waals surface area contributed by atoms with Crippen LogP contribution in [0.2, 0.25) is 0 Å². The van der Waals surface area contributed by atoms with Crippen LogP contribution in [0.25, 0.3) is 0 Å². The van der Waals surface area contributed by atoms with Gasteiger partial charge in [-0.3, -0.25) is 4.21 Å². The minimum atomic E-state index is -0.695. The van der Waals surface area contributed by atoms with Crippen molar-refractivity contribution in [3.05, 3.63) is 23.7 Å². The summed E-state index contributed by atoms with van der Waals surface area (Å²) in [6.07, 6.45) is 3.96. The molecule has 1 saturated carbocycles. The van der Waals surface area contributed by atoms with Crippen molar-refractivity contribution in [2.45, 2.75) is 45.2 Å². The lowest BCUT2D eigenvalue weighted by Gasteiger charge is -2.11. The molecule has 0 spiro atoms. The van der Waals surface area contributed by atoms with Gasteiger partial charge in [-0.2, -0.15) is 0 Å². The van der Waals surface area contributed by atoms with Gasteiger partial charge in [-0.05, 0) is 37.8 Å². The highest BCUT2D eigenvalue weighted by Gasteiger charge is 2.36. The third-order valence-electron chi connectivity index (χ3n) is 3.62. The van der Waals surface area contributed by atoms with E-state index in [0.29, 0.717) is 12.0 Å². The van der Waals surface area contributed by atoms with Gasteiger partial charge < -0.3 is 9.73 Å². The lowest BCUT2D eigenvalue weighted by Crippen LogP contribution is -2.26. The van der Waals surface area contributed by atoms with E-state index in [9.17, 15) is 4.21 Å². The lowest BCUT2D eigenvalue weighted by atomic mass is 10.2. The van der Waals surface area contributed by atoms with Crippen molar-refractivity contribution in [1.82, 2.24) is 5.32 Å². The fraction of sp³-hybridized carbons (Fsp3) is 0.714. The lowest BCUT2D eigenvalue weighted by molar-refractivity contribution is 0.424. The molecule has 4 atom stereocenters. The van der Waals surface area contributed by atoms with Crippen molar-refractivity contribution in [3.63, 3.8) is 0 Å². The summed E-state index contributed by atoms with van der Waals surface area (Å²) >= 11 is 0. The van der Waals surface area contributed by atoms with Crippen LogP contribution >= 0.6 is 0 Å². The molecule has 1 aliphatic carbocycles. The van der Waals surface area contributed by atoms with Gasteiger partial charge in [0.1, 0.15) is 11.5 Å². The minimum absolute atomic E-state index is 0.377. The number of furan rings is 1. The molecule has 0 amide bonds. The molecule has 1 fully saturated rings. The van der Waals surface area contributed by atoms with Crippen molar-refractivity contribution in [2.75, 3.05) is 12.0 Å². The second kappa shape index (κ2) is 6.02. The molecule has 1 aliphatic rings. The Labute approximate surface area is 112 Å². The zero-order valence-corrected chi connectivity index (χ0v) is 12.3. The van der Waals surface area contributed by atoms with Gasteiger partial charge in [0.25, 0.3) is 0 Å². The zero-order chi connectivity index (χ0) is 13.1. The summed E-state index contributed by atoms with van der Waals surface area (Å²) in [4.78, 5) is 0. The average molecular weight is 269 g/mol. The molecule has 4 heteroatoms. The van der Waals surface area contributed by atoms with E-state index in [-0.39, 0.29) is 0 Å². The van der Waals surface area contributed by atoms with Gasteiger partial charge in [0.05, 0.1) is 6.54 Å². The first-order chi connectivity index (χ1) is 8.56. The molecular formula is C14H23NO2S. The Hall–Kier alpha value is -0.610. The molecule has 18 heavy (non-hydrogen) atoms. The fourth-order valence-corrected chi connectivity index (χ4v) is 2.81. The Morgan fingerprint density at radius 3 is 2.89 bits per heavy atom. The summed E-state index contributed by atoms with van der Waals surface area (Å²) in [6, 6.07) is 4.55. The maximum Gasteiger partial charge on any atom is 0.117 e. The fourth-order valence-electron chi connectivity index (χ4n) is 2.13. The van der Waals surface area contributed by atoms with E-state index >= 15 is 0 Å². The van der Waals surface area contributed by atoms with Gasteiger partial charge in [-0.1, -0.05) is 6.92 Å². The van der Waals surface area contributed by atoms with E-state index in [4.69, 9.17) is 4.42 Å². The van der Waals surface area contributed by atoms with E-state index in [2.05, 4.69) is 31.3 Å². The monoisotopic (exact) mass is 269 g/mol. The summed E-state index contributed by atoms with van der Waals surface area (Å²) in [6.45, 7) is 5.15. The Morgan fingerprint density at radius 1 is 1.56 bits per heavy atom. The molecule has 4 unspecified atom stereocenters. The van der Waals surface area contributed by atoms with Crippen LogP contribution in [0, 0.1) is 5.92 Å². The highest BCUT2D eigenvalue weighted by Crippen LogP contribution is 2.47. The van der Waals surface area contributed by atoms with Crippen LogP contribution in [-0.4, -0.2) is 22.3 Å². The Balaban J connectivity index is 1.72. The number of hydrogen-bond donors (Lipinski definition) is 1. The molecule has 0 saturated heterocycles. The molecule has 1 heterocycles. The largest absolute Gasteiger partial charge is 0.464 e.